The summed E-state index contributed by atoms with van der Waals surface area (Å²) in [5.41, 5.74) is 0. The van der Waals surface area contributed by atoms with Crippen LogP contribution in [0.4, 0.5) is 9.18 Å². The summed E-state index contributed by atoms with van der Waals surface area (Å²) in [6, 6.07) is 0.0616. The van der Waals surface area contributed by atoms with Crippen LogP contribution in [0.1, 0.15) is 44.9 Å². The average molecular weight is 243 g/mol. The monoisotopic (exact) mass is 243 g/mol. The molecule has 4 heteroatoms. The lowest BCUT2D eigenvalue weighted by Crippen LogP contribution is -2.50. The third kappa shape index (κ3) is 2.90. The molecule has 1 heterocycles. The molecule has 1 aliphatic carbocycles. The molecular weight excluding hydrogens is 221 g/mol. The van der Waals surface area contributed by atoms with Gasteiger partial charge in [-0.05, 0) is 31.6 Å². The lowest BCUT2D eigenvalue weighted by molar-refractivity contribution is 0.0356. The molecule has 0 aromatic carbocycles. The first-order valence-electron chi connectivity index (χ1n) is 6.71. The Kier molecular flexibility index (Phi) is 4.24. The van der Waals surface area contributed by atoms with Crippen molar-refractivity contribution >= 4 is 6.09 Å². The van der Waals surface area contributed by atoms with Crippen molar-refractivity contribution in [3.8, 4) is 0 Å². The average Bonchev–Trinajstić information content (AvgIpc) is 2.39. The normalized spacial score (nSPS) is 31.3. The van der Waals surface area contributed by atoms with E-state index in [0.717, 1.165) is 12.8 Å². The number of hydrogen-bond donors (Lipinski definition) is 0. The van der Waals surface area contributed by atoms with Gasteiger partial charge in [-0.1, -0.05) is 19.3 Å². The van der Waals surface area contributed by atoms with Gasteiger partial charge >= 0.3 is 6.09 Å². The predicted octanol–water partition coefficient (Wildman–Crippen LogP) is 3.14. The molecule has 0 spiro atoms. The molecule has 0 N–H and O–H groups in total. The highest BCUT2D eigenvalue weighted by Gasteiger charge is 2.37. The highest BCUT2D eigenvalue weighted by Crippen LogP contribution is 2.34. The highest BCUT2D eigenvalue weighted by atomic mass is 19.1. The third-order valence-corrected chi connectivity index (χ3v) is 4.18. The lowest BCUT2D eigenvalue weighted by atomic mass is 9.79. The molecule has 3 nitrogen and oxygen atoms in total. The van der Waals surface area contributed by atoms with E-state index in [9.17, 15) is 9.18 Å². The number of alkyl halides is 1. The number of ether oxygens (including phenoxy) is 1. The van der Waals surface area contributed by atoms with E-state index in [-0.39, 0.29) is 12.1 Å². The van der Waals surface area contributed by atoms with Gasteiger partial charge in [-0.15, -0.1) is 0 Å². The minimum absolute atomic E-state index is 0.0616. The molecule has 0 aromatic heterocycles. The van der Waals surface area contributed by atoms with Gasteiger partial charge in [0.05, 0.1) is 7.11 Å². The molecule has 2 atom stereocenters. The number of nitrogens with zero attached hydrogens (tertiary/aromatic N) is 1. The second-order valence-electron chi connectivity index (χ2n) is 5.25. The Morgan fingerprint density at radius 2 is 1.94 bits per heavy atom. The molecule has 98 valence electrons. The van der Waals surface area contributed by atoms with Crippen LogP contribution in [-0.4, -0.2) is 36.9 Å². The Hall–Kier alpha value is -0.800. The van der Waals surface area contributed by atoms with Gasteiger partial charge in [0, 0.05) is 12.6 Å². The van der Waals surface area contributed by atoms with Gasteiger partial charge < -0.3 is 9.64 Å². The van der Waals surface area contributed by atoms with Crippen LogP contribution in [0.25, 0.3) is 0 Å². The number of hydrogen-bond acceptors (Lipinski definition) is 2. The van der Waals surface area contributed by atoms with Crippen LogP contribution in [0.15, 0.2) is 0 Å². The van der Waals surface area contributed by atoms with Crippen molar-refractivity contribution in [1.29, 1.82) is 0 Å². The first kappa shape index (κ1) is 12.7. The molecule has 2 aliphatic rings. The van der Waals surface area contributed by atoms with Crippen molar-refractivity contribution in [3.05, 3.63) is 0 Å². The zero-order valence-electron chi connectivity index (χ0n) is 10.5. The van der Waals surface area contributed by atoms with Gasteiger partial charge in [-0.2, -0.15) is 0 Å². The molecule has 2 unspecified atom stereocenters. The van der Waals surface area contributed by atoms with E-state index in [0.29, 0.717) is 25.3 Å². The van der Waals surface area contributed by atoms with E-state index in [1.165, 1.54) is 26.4 Å². The summed E-state index contributed by atoms with van der Waals surface area (Å²) in [7, 11) is 1.40. The summed E-state index contributed by atoms with van der Waals surface area (Å²) >= 11 is 0. The van der Waals surface area contributed by atoms with E-state index in [4.69, 9.17) is 4.74 Å². The summed E-state index contributed by atoms with van der Waals surface area (Å²) in [6.45, 7) is 0.509. The topological polar surface area (TPSA) is 29.5 Å². The lowest BCUT2D eigenvalue weighted by Gasteiger charge is -2.41. The van der Waals surface area contributed by atoms with Gasteiger partial charge in [0.15, 0.2) is 0 Å². The van der Waals surface area contributed by atoms with Gasteiger partial charge in [0.1, 0.15) is 6.17 Å². The number of carbonyl (C=O) groups excluding carboxylic acids is 1. The van der Waals surface area contributed by atoms with E-state index in [1.807, 2.05) is 0 Å². The molecule has 0 aromatic rings. The summed E-state index contributed by atoms with van der Waals surface area (Å²) in [5, 5.41) is 0. The second-order valence-corrected chi connectivity index (χ2v) is 5.25. The fraction of sp³-hybridized carbons (Fsp3) is 0.923. The van der Waals surface area contributed by atoms with Gasteiger partial charge in [-0.25, -0.2) is 9.18 Å². The standard InChI is InChI=1S/C13H22FNO2/c1-17-13(16)15-8-7-11(14)9-12(15)10-5-3-2-4-6-10/h10-12H,2-9H2,1H3. The molecule has 2 rings (SSSR count). The summed E-state index contributed by atoms with van der Waals surface area (Å²) in [4.78, 5) is 13.5. The smallest absolute Gasteiger partial charge is 0.409 e. The highest BCUT2D eigenvalue weighted by molar-refractivity contribution is 5.68. The van der Waals surface area contributed by atoms with Crippen molar-refractivity contribution < 1.29 is 13.9 Å². The van der Waals surface area contributed by atoms with Crippen LogP contribution in [0.5, 0.6) is 0 Å². The van der Waals surface area contributed by atoms with Crippen molar-refractivity contribution in [2.24, 2.45) is 5.92 Å². The number of rotatable bonds is 1. The summed E-state index contributed by atoms with van der Waals surface area (Å²) in [6.07, 6.45) is 5.89. The SMILES string of the molecule is COC(=O)N1CCC(F)CC1C1CCCCC1. The molecule has 1 saturated carbocycles. The number of methoxy groups -OCH3 is 1. The van der Waals surface area contributed by atoms with Crippen LogP contribution in [-0.2, 0) is 4.74 Å². The minimum atomic E-state index is -0.747. The van der Waals surface area contributed by atoms with E-state index in [1.54, 1.807) is 4.90 Å². The number of carbonyl (C=O) groups is 1. The van der Waals surface area contributed by atoms with Crippen LogP contribution in [0, 0.1) is 5.92 Å². The molecule has 1 amide bonds. The molecular formula is C13H22FNO2. The van der Waals surface area contributed by atoms with Crippen molar-refractivity contribution in [2.75, 3.05) is 13.7 Å². The Bertz CT molecular complexity index is 266. The Morgan fingerprint density at radius 3 is 2.59 bits per heavy atom. The van der Waals surface area contributed by atoms with E-state index < -0.39 is 6.17 Å². The molecule has 0 bridgehead atoms. The van der Waals surface area contributed by atoms with Gasteiger partial charge in [-0.3, -0.25) is 0 Å². The number of likely N-dealkylation sites (tertiary alicyclic amines) is 1. The first-order chi connectivity index (χ1) is 8.22. The van der Waals surface area contributed by atoms with Crippen LogP contribution < -0.4 is 0 Å². The largest absolute Gasteiger partial charge is 0.453 e. The zero-order valence-corrected chi connectivity index (χ0v) is 10.5. The van der Waals surface area contributed by atoms with Crippen molar-refractivity contribution in [1.82, 2.24) is 4.90 Å². The van der Waals surface area contributed by atoms with Crippen molar-refractivity contribution in [3.63, 3.8) is 0 Å². The number of halogens is 1. The predicted molar refractivity (Wildman–Crippen MR) is 63.6 cm³/mol. The first-order valence-corrected chi connectivity index (χ1v) is 6.71. The molecule has 1 saturated heterocycles. The summed E-state index contributed by atoms with van der Waals surface area (Å²) in [5.74, 6) is 0.474. The Labute approximate surface area is 102 Å². The van der Waals surface area contributed by atoms with E-state index >= 15 is 0 Å². The zero-order chi connectivity index (χ0) is 12.3. The van der Waals surface area contributed by atoms with Crippen LogP contribution in [0.3, 0.4) is 0 Å². The fourth-order valence-electron chi connectivity index (χ4n) is 3.26. The van der Waals surface area contributed by atoms with E-state index in [2.05, 4.69) is 0 Å². The number of amides is 1. The van der Waals surface area contributed by atoms with Gasteiger partial charge in [0.25, 0.3) is 0 Å². The second kappa shape index (κ2) is 5.69. The molecule has 17 heavy (non-hydrogen) atoms. The minimum Gasteiger partial charge on any atom is -0.453 e. The van der Waals surface area contributed by atoms with Crippen LogP contribution >= 0.6 is 0 Å². The third-order valence-electron chi connectivity index (χ3n) is 4.18. The Morgan fingerprint density at radius 1 is 1.24 bits per heavy atom. The molecule has 0 radical (unpaired) electrons. The maximum atomic E-state index is 13.6. The van der Waals surface area contributed by atoms with Gasteiger partial charge in [0.2, 0.25) is 0 Å². The maximum Gasteiger partial charge on any atom is 0.409 e. The quantitative estimate of drug-likeness (QED) is 0.708. The fourth-order valence-corrected chi connectivity index (χ4v) is 3.26. The Balaban J connectivity index is 2.04. The summed E-state index contributed by atoms with van der Waals surface area (Å²) < 4.78 is 18.4. The van der Waals surface area contributed by atoms with Crippen molar-refractivity contribution in [2.45, 2.75) is 57.2 Å². The molecule has 2 fully saturated rings. The van der Waals surface area contributed by atoms with Crippen LogP contribution in [0.2, 0.25) is 0 Å². The number of piperidine rings is 1. The maximum absolute atomic E-state index is 13.6. The molecule has 1 aliphatic heterocycles.